The number of β-lactam (4-membered cyclic amide) rings is 1. The Bertz CT molecular complexity index is 615. The molecular formula is C17H25N3O4S. The molecule has 1 aliphatic carbocycles. The second-order valence-corrected chi connectivity index (χ2v) is 8.26. The molecule has 7 nitrogen and oxygen atoms in total. The summed E-state index contributed by atoms with van der Waals surface area (Å²) < 4.78 is 0. The molecule has 0 aromatic heterocycles. The lowest BCUT2D eigenvalue weighted by Gasteiger charge is -2.49. The molecule has 3 aliphatic rings. The quantitative estimate of drug-likeness (QED) is 0.626. The monoisotopic (exact) mass is 367 g/mol. The number of nitrogens with one attached hydrogen (secondary N) is 1. The molecule has 2 amide bonds. The number of carbonyl (C=O) groups is 3. The maximum Gasteiger partial charge on any atom is 0.352 e. The van der Waals surface area contributed by atoms with Crippen LogP contribution < -0.4 is 11.1 Å². The van der Waals surface area contributed by atoms with Gasteiger partial charge >= 0.3 is 5.97 Å². The second kappa shape index (κ2) is 7.37. The van der Waals surface area contributed by atoms with Gasteiger partial charge < -0.3 is 16.2 Å². The summed E-state index contributed by atoms with van der Waals surface area (Å²) in [6, 6.07) is -0.833. The number of aliphatic carboxylic acids is 1. The number of rotatable bonds is 5. The largest absolute Gasteiger partial charge is 0.477 e. The lowest BCUT2D eigenvalue weighted by atomic mass is 9.83. The van der Waals surface area contributed by atoms with Crippen molar-refractivity contribution in [2.75, 3.05) is 5.75 Å². The topological polar surface area (TPSA) is 113 Å². The molecular weight excluding hydrogens is 342 g/mol. The van der Waals surface area contributed by atoms with E-state index >= 15 is 0 Å². The van der Waals surface area contributed by atoms with Gasteiger partial charge in [0.2, 0.25) is 5.91 Å². The van der Waals surface area contributed by atoms with Crippen LogP contribution in [0.15, 0.2) is 11.3 Å². The van der Waals surface area contributed by atoms with Crippen molar-refractivity contribution < 1.29 is 19.5 Å². The number of fused-ring (bicyclic) bond motifs is 1. The van der Waals surface area contributed by atoms with Gasteiger partial charge in [0.15, 0.2) is 0 Å². The molecule has 138 valence electrons. The first-order chi connectivity index (χ1) is 11.9. The third-order valence-corrected chi connectivity index (χ3v) is 6.78. The van der Waals surface area contributed by atoms with E-state index in [9.17, 15) is 19.5 Å². The zero-order valence-corrected chi connectivity index (χ0v) is 15.2. The maximum absolute atomic E-state index is 12.3. The molecule has 1 saturated carbocycles. The number of hydrogen-bond donors (Lipinski definition) is 3. The first-order valence-corrected chi connectivity index (χ1v) is 9.87. The van der Waals surface area contributed by atoms with Crippen LogP contribution in [0.2, 0.25) is 0 Å². The lowest BCUT2D eigenvalue weighted by molar-refractivity contribution is -0.150. The van der Waals surface area contributed by atoms with Crippen molar-refractivity contribution in [3.63, 3.8) is 0 Å². The highest BCUT2D eigenvalue weighted by Crippen LogP contribution is 2.40. The van der Waals surface area contributed by atoms with Gasteiger partial charge in [-0.2, -0.15) is 0 Å². The second-order valence-electron chi connectivity index (χ2n) is 7.16. The van der Waals surface area contributed by atoms with E-state index < -0.39 is 12.0 Å². The van der Waals surface area contributed by atoms with Crippen molar-refractivity contribution in [2.45, 2.75) is 62.9 Å². The van der Waals surface area contributed by atoms with Crippen molar-refractivity contribution in [3.05, 3.63) is 11.3 Å². The fraction of sp³-hybridized carbons (Fsp3) is 0.706. The Balaban J connectivity index is 1.57. The summed E-state index contributed by atoms with van der Waals surface area (Å²) in [5, 5.41) is 11.7. The fourth-order valence-corrected chi connectivity index (χ4v) is 5.24. The maximum atomic E-state index is 12.3. The summed E-state index contributed by atoms with van der Waals surface area (Å²) in [4.78, 5) is 37.3. The number of carbonyl (C=O) groups excluding carboxylic acids is 2. The highest BCUT2D eigenvalue weighted by atomic mass is 32.2. The number of thioether (sulfide) groups is 1. The standard InChI is InChI=1S/C17H25N3O4S/c1-9-8-25-16-13(15(22)20(16)14(9)17(23)24)19-12(21)7-11(18)10-5-3-2-4-6-10/h10-11,13,16H,2-8,18H2,1H3,(H,19,21)(H,23,24)/t11?,13?,16-/m0/s1. The normalized spacial score (nSPS) is 28.2. The predicted octanol–water partition coefficient (Wildman–Crippen LogP) is 1.04. The van der Waals surface area contributed by atoms with Crippen LogP contribution in [0.25, 0.3) is 0 Å². The van der Waals surface area contributed by atoms with Gasteiger partial charge in [-0.05, 0) is 31.3 Å². The Morgan fingerprint density at radius 1 is 1.36 bits per heavy atom. The van der Waals surface area contributed by atoms with Gasteiger partial charge in [-0.1, -0.05) is 19.3 Å². The average molecular weight is 367 g/mol. The van der Waals surface area contributed by atoms with E-state index in [4.69, 9.17) is 5.73 Å². The molecule has 3 atom stereocenters. The molecule has 8 heteroatoms. The van der Waals surface area contributed by atoms with Crippen LogP contribution in [0.3, 0.4) is 0 Å². The Morgan fingerprint density at radius 2 is 2.04 bits per heavy atom. The van der Waals surface area contributed by atoms with Crippen LogP contribution >= 0.6 is 11.8 Å². The fourth-order valence-electron chi connectivity index (χ4n) is 3.95. The van der Waals surface area contributed by atoms with Crippen LogP contribution in [0, 0.1) is 5.92 Å². The van der Waals surface area contributed by atoms with Gasteiger partial charge in [-0.15, -0.1) is 11.8 Å². The number of hydrogen-bond acceptors (Lipinski definition) is 5. The van der Waals surface area contributed by atoms with Crippen LogP contribution in [0.1, 0.15) is 45.4 Å². The summed E-state index contributed by atoms with van der Waals surface area (Å²) in [6.07, 6.45) is 5.91. The highest BCUT2D eigenvalue weighted by Gasteiger charge is 2.53. The predicted molar refractivity (Wildman–Crippen MR) is 94.5 cm³/mol. The van der Waals surface area contributed by atoms with Gasteiger partial charge in [0.1, 0.15) is 17.1 Å². The summed E-state index contributed by atoms with van der Waals surface area (Å²) in [7, 11) is 0. The Labute approximate surface area is 151 Å². The Hall–Kier alpha value is -1.54. The van der Waals surface area contributed by atoms with E-state index in [1.807, 2.05) is 0 Å². The molecule has 0 spiro atoms. The lowest BCUT2D eigenvalue weighted by Crippen LogP contribution is -2.70. The third-order valence-electron chi connectivity index (χ3n) is 5.35. The molecule has 3 rings (SSSR count). The van der Waals surface area contributed by atoms with Crippen molar-refractivity contribution in [1.82, 2.24) is 10.2 Å². The summed E-state index contributed by atoms with van der Waals surface area (Å²) >= 11 is 1.48. The van der Waals surface area contributed by atoms with Crippen LogP contribution in [0.4, 0.5) is 0 Å². The molecule has 25 heavy (non-hydrogen) atoms. The minimum Gasteiger partial charge on any atom is -0.477 e. The van der Waals surface area contributed by atoms with Crippen molar-refractivity contribution in [1.29, 1.82) is 0 Å². The van der Waals surface area contributed by atoms with Gasteiger partial charge in [0, 0.05) is 18.2 Å². The SMILES string of the molecule is CC1=C(C(=O)O)N2C(=O)C(NC(=O)CC(N)C3CCCCC3)[C@@H]2SC1. The van der Waals surface area contributed by atoms with E-state index in [0.717, 1.165) is 12.8 Å². The summed E-state index contributed by atoms with van der Waals surface area (Å²) in [6.45, 7) is 1.72. The molecule has 0 radical (unpaired) electrons. The van der Waals surface area contributed by atoms with Gasteiger partial charge in [0.05, 0.1) is 0 Å². The van der Waals surface area contributed by atoms with E-state index in [2.05, 4.69) is 5.32 Å². The number of amides is 2. The minimum atomic E-state index is -1.10. The number of carboxylic acid groups (broad SMARTS) is 1. The summed E-state index contributed by atoms with van der Waals surface area (Å²) in [5.74, 6) is -0.751. The smallest absolute Gasteiger partial charge is 0.352 e. The molecule has 0 aromatic carbocycles. The Morgan fingerprint density at radius 3 is 2.68 bits per heavy atom. The number of carboxylic acids is 1. The van der Waals surface area contributed by atoms with Crippen LogP contribution in [-0.4, -0.2) is 51.0 Å². The van der Waals surface area contributed by atoms with E-state index in [1.165, 1.54) is 35.9 Å². The van der Waals surface area contributed by atoms with Crippen molar-refractivity contribution >= 4 is 29.5 Å². The molecule has 0 bridgehead atoms. The summed E-state index contributed by atoms with van der Waals surface area (Å²) in [5.41, 5.74) is 6.91. The van der Waals surface area contributed by atoms with Crippen LogP contribution in [-0.2, 0) is 14.4 Å². The van der Waals surface area contributed by atoms with E-state index in [1.54, 1.807) is 6.92 Å². The van der Waals surface area contributed by atoms with Gasteiger partial charge in [-0.3, -0.25) is 14.5 Å². The minimum absolute atomic E-state index is 0.0538. The van der Waals surface area contributed by atoms with Crippen molar-refractivity contribution in [2.24, 2.45) is 11.7 Å². The van der Waals surface area contributed by atoms with Crippen LogP contribution in [0.5, 0.6) is 0 Å². The molecule has 0 aromatic rings. The third kappa shape index (κ3) is 3.55. The highest BCUT2D eigenvalue weighted by molar-refractivity contribution is 8.00. The zero-order valence-electron chi connectivity index (χ0n) is 14.4. The zero-order chi connectivity index (χ0) is 18.1. The van der Waals surface area contributed by atoms with Gasteiger partial charge in [0.25, 0.3) is 5.91 Å². The average Bonchev–Trinajstić information content (AvgIpc) is 2.59. The van der Waals surface area contributed by atoms with Gasteiger partial charge in [-0.25, -0.2) is 4.79 Å². The molecule has 1 saturated heterocycles. The van der Waals surface area contributed by atoms with Crippen molar-refractivity contribution in [3.8, 4) is 0 Å². The Kier molecular flexibility index (Phi) is 5.38. The van der Waals surface area contributed by atoms with E-state index in [-0.39, 0.29) is 35.3 Å². The first-order valence-electron chi connectivity index (χ1n) is 8.82. The molecule has 2 fully saturated rings. The molecule has 2 heterocycles. The van der Waals surface area contributed by atoms with E-state index in [0.29, 0.717) is 17.2 Å². The first kappa shape index (κ1) is 18.3. The number of nitrogens with zero attached hydrogens (tertiary/aromatic N) is 1. The molecule has 2 aliphatic heterocycles. The molecule has 4 N–H and O–H groups in total. The molecule has 2 unspecified atom stereocenters. The number of nitrogens with two attached hydrogens (primary N) is 1.